The van der Waals surface area contributed by atoms with Crippen LogP contribution in [0.3, 0.4) is 0 Å². The molecule has 0 saturated carbocycles. The van der Waals surface area contributed by atoms with E-state index < -0.39 is 6.10 Å². The monoisotopic (exact) mass is 863 g/mol. The van der Waals surface area contributed by atoms with Crippen LogP contribution in [-0.4, -0.2) is 37.2 Å². The minimum Gasteiger partial charge on any atom is -0.462 e. The van der Waals surface area contributed by atoms with Crippen molar-refractivity contribution in [2.75, 3.05) is 13.2 Å². The summed E-state index contributed by atoms with van der Waals surface area (Å²) in [6.07, 6.45) is 64.2. The van der Waals surface area contributed by atoms with Crippen LogP contribution in [0.15, 0.2) is 85.1 Å². The molecule has 0 heterocycles. The molecule has 0 bridgehead atoms. The Morgan fingerprint density at radius 2 is 0.661 bits per heavy atom. The van der Waals surface area contributed by atoms with Crippen LogP contribution < -0.4 is 0 Å². The number of unbranched alkanes of at least 4 members (excludes halogenated alkanes) is 23. The molecule has 0 fully saturated rings. The van der Waals surface area contributed by atoms with E-state index in [1.165, 1.54) is 96.3 Å². The lowest BCUT2D eigenvalue weighted by molar-refractivity contribution is -0.167. The predicted molar refractivity (Wildman–Crippen MR) is 265 cm³/mol. The topological polar surface area (TPSA) is 78.9 Å². The molecule has 0 amide bonds. The molecule has 354 valence electrons. The van der Waals surface area contributed by atoms with Crippen LogP contribution in [0.1, 0.15) is 233 Å². The maximum absolute atomic E-state index is 12.8. The lowest BCUT2D eigenvalue weighted by Gasteiger charge is -2.18. The standard InChI is InChI=1S/C56H94O6/c1-4-7-10-13-16-19-21-23-25-27-29-30-32-34-37-40-43-46-49-55(58)61-52-53(51-60-54(57)48-45-42-39-36-18-15-12-9-6-3)62-56(59)50-47-44-41-38-35-33-31-28-26-24-22-20-17-14-11-8-5-2/h16-17,19-21,23-27,29-30,36,39,53H,4-15,18,22,28,31-35,37-38,40-52H2,1-3H3/b19-16-,20-17-,23-21-,26-24-,27-25-,30-29-,39-36-. The van der Waals surface area contributed by atoms with Gasteiger partial charge in [-0.1, -0.05) is 202 Å². The Bertz CT molecular complexity index is 1220. The Hall–Kier alpha value is -3.41. The number of rotatable bonds is 45. The molecule has 1 atom stereocenters. The first-order valence-corrected chi connectivity index (χ1v) is 25.6. The van der Waals surface area contributed by atoms with Gasteiger partial charge in [0.2, 0.25) is 0 Å². The van der Waals surface area contributed by atoms with Gasteiger partial charge in [-0.25, -0.2) is 0 Å². The van der Waals surface area contributed by atoms with Crippen molar-refractivity contribution < 1.29 is 28.6 Å². The molecule has 6 nitrogen and oxygen atoms in total. The van der Waals surface area contributed by atoms with Crippen LogP contribution >= 0.6 is 0 Å². The zero-order valence-corrected chi connectivity index (χ0v) is 40.4. The van der Waals surface area contributed by atoms with Crippen LogP contribution in [0.4, 0.5) is 0 Å². The molecule has 0 saturated heterocycles. The van der Waals surface area contributed by atoms with E-state index in [4.69, 9.17) is 14.2 Å². The van der Waals surface area contributed by atoms with E-state index in [2.05, 4.69) is 106 Å². The molecule has 0 spiro atoms. The number of hydrogen-bond acceptors (Lipinski definition) is 6. The molecule has 0 aliphatic heterocycles. The number of allylic oxidation sites excluding steroid dienone is 14. The van der Waals surface area contributed by atoms with Gasteiger partial charge in [0.15, 0.2) is 6.10 Å². The summed E-state index contributed by atoms with van der Waals surface area (Å²) in [6, 6.07) is 0. The summed E-state index contributed by atoms with van der Waals surface area (Å²) >= 11 is 0. The highest BCUT2D eigenvalue weighted by Crippen LogP contribution is 2.13. The van der Waals surface area contributed by atoms with Crippen molar-refractivity contribution in [3.05, 3.63) is 85.1 Å². The lowest BCUT2D eigenvalue weighted by atomic mass is 10.1. The van der Waals surface area contributed by atoms with Gasteiger partial charge in [0.25, 0.3) is 0 Å². The van der Waals surface area contributed by atoms with E-state index >= 15 is 0 Å². The summed E-state index contributed by atoms with van der Waals surface area (Å²) in [5.74, 6) is -0.969. The first kappa shape index (κ1) is 58.6. The van der Waals surface area contributed by atoms with Gasteiger partial charge in [-0.05, 0) is 96.3 Å². The Balaban J connectivity index is 4.42. The molecule has 0 radical (unpaired) electrons. The zero-order chi connectivity index (χ0) is 45.1. The van der Waals surface area contributed by atoms with Crippen molar-refractivity contribution in [3.8, 4) is 0 Å². The molecule has 1 unspecified atom stereocenters. The number of esters is 3. The number of ether oxygens (including phenoxy) is 3. The Morgan fingerprint density at radius 1 is 0.339 bits per heavy atom. The maximum atomic E-state index is 12.8. The molecular formula is C56H94O6. The molecule has 0 aromatic rings. The van der Waals surface area contributed by atoms with Gasteiger partial charge in [-0.3, -0.25) is 14.4 Å². The highest BCUT2D eigenvalue weighted by Gasteiger charge is 2.19. The number of carbonyl (C=O) groups is 3. The van der Waals surface area contributed by atoms with Gasteiger partial charge in [-0.15, -0.1) is 0 Å². The predicted octanol–water partition coefficient (Wildman–Crippen LogP) is 16.8. The van der Waals surface area contributed by atoms with Crippen molar-refractivity contribution in [1.29, 1.82) is 0 Å². The van der Waals surface area contributed by atoms with Gasteiger partial charge in [0.1, 0.15) is 13.2 Å². The zero-order valence-electron chi connectivity index (χ0n) is 40.4. The average molecular weight is 863 g/mol. The first-order chi connectivity index (χ1) is 30.5. The van der Waals surface area contributed by atoms with E-state index in [1.54, 1.807) is 0 Å². The van der Waals surface area contributed by atoms with E-state index in [0.29, 0.717) is 25.7 Å². The van der Waals surface area contributed by atoms with Crippen LogP contribution in [0.2, 0.25) is 0 Å². The Labute approximate surface area is 382 Å². The smallest absolute Gasteiger partial charge is 0.306 e. The van der Waals surface area contributed by atoms with Crippen LogP contribution in [0, 0.1) is 0 Å². The van der Waals surface area contributed by atoms with Gasteiger partial charge < -0.3 is 14.2 Å². The Kier molecular flexibility index (Phi) is 47.5. The highest BCUT2D eigenvalue weighted by atomic mass is 16.6. The van der Waals surface area contributed by atoms with Crippen LogP contribution in [0.25, 0.3) is 0 Å². The molecule has 0 N–H and O–H groups in total. The maximum Gasteiger partial charge on any atom is 0.306 e. The van der Waals surface area contributed by atoms with E-state index in [9.17, 15) is 14.4 Å². The second-order valence-electron chi connectivity index (χ2n) is 16.8. The minimum atomic E-state index is -0.801. The molecule has 0 rings (SSSR count). The third-order valence-electron chi connectivity index (χ3n) is 10.7. The van der Waals surface area contributed by atoms with Gasteiger partial charge in [-0.2, -0.15) is 0 Å². The van der Waals surface area contributed by atoms with Crippen molar-refractivity contribution in [2.24, 2.45) is 0 Å². The van der Waals surface area contributed by atoms with E-state index in [0.717, 1.165) is 89.9 Å². The second kappa shape index (κ2) is 50.2. The fourth-order valence-corrected chi connectivity index (χ4v) is 6.78. The van der Waals surface area contributed by atoms with Crippen molar-refractivity contribution >= 4 is 17.9 Å². The van der Waals surface area contributed by atoms with Crippen molar-refractivity contribution in [1.82, 2.24) is 0 Å². The summed E-state index contributed by atoms with van der Waals surface area (Å²) in [4.78, 5) is 37.9. The molecule has 62 heavy (non-hydrogen) atoms. The molecule has 6 heteroatoms. The fourth-order valence-electron chi connectivity index (χ4n) is 6.78. The normalized spacial score (nSPS) is 12.8. The molecule has 0 aromatic carbocycles. The largest absolute Gasteiger partial charge is 0.462 e. The lowest BCUT2D eigenvalue weighted by Crippen LogP contribution is -2.30. The molecule has 0 aliphatic rings. The third kappa shape index (κ3) is 47.6. The molecular weight excluding hydrogens is 769 g/mol. The highest BCUT2D eigenvalue weighted by molar-refractivity contribution is 5.71. The summed E-state index contributed by atoms with van der Waals surface area (Å²) < 4.78 is 16.7. The van der Waals surface area contributed by atoms with Crippen LogP contribution in [0.5, 0.6) is 0 Å². The minimum absolute atomic E-state index is 0.101. The number of carbonyl (C=O) groups excluding carboxylic acids is 3. The van der Waals surface area contributed by atoms with Gasteiger partial charge >= 0.3 is 17.9 Å². The number of hydrogen-bond donors (Lipinski definition) is 0. The molecule has 0 aliphatic carbocycles. The van der Waals surface area contributed by atoms with E-state index in [1.807, 2.05) is 0 Å². The van der Waals surface area contributed by atoms with Gasteiger partial charge in [0.05, 0.1) is 0 Å². The fraction of sp³-hybridized carbons (Fsp3) is 0.696. The van der Waals surface area contributed by atoms with Crippen LogP contribution in [-0.2, 0) is 28.6 Å². The summed E-state index contributed by atoms with van der Waals surface area (Å²) in [5, 5.41) is 0. The summed E-state index contributed by atoms with van der Waals surface area (Å²) in [6.45, 7) is 6.48. The van der Waals surface area contributed by atoms with Crippen molar-refractivity contribution in [3.63, 3.8) is 0 Å². The first-order valence-electron chi connectivity index (χ1n) is 25.6. The summed E-state index contributed by atoms with van der Waals surface area (Å²) in [7, 11) is 0. The molecule has 0 aromatic heterocycles. The SMILES string of the molecule is CCCCC\C=C/C=C\C=C/C=C\CCCCCCCC(=O)OCC(COC(=O)CCC/C=C\CCCCCC)OC(=O)CCCCCCCCC/C=C\C/C=C\CCCCC. The van der Waals surface area contributed by atoms with Gasteiger partial charge in [0, 0.05) is 19.3 Å². The average Bonchev–Trinajstić information content (AvgIpc) is 3.27. The quantitative estimate of drug-likeness (QED) is 0.0199. The van der Waals surface area contributed by atoms with Crippen molar-refractivity contribution in [2.45, 2.75) is 239 Å². The second-order valence-corrected chi connectivity index (χ2v) is 16.8. The van der Waals surface area contributed by atoms with E-state index in [-0.39, 0.29) is 31.1 Å². The summed E-state index contributed by atoms with van der Waals surface area (Å²) in [5.41, 5.74) is 0. The third-order valence-corrected chi connectivity index (χ3v) is 10.7. The Morgan fingerprint density at radius 3 is 1.15 bits per heavy atom.